The summed E-state index contributed by atoms with van der Waals surface area (Å²) in [5, 5.41) is 0.788. The van der Waals surface area contributed by atoms with Crippen LogP contribution in [-0.4, -0.2) is 23.0 Å². The molecule has 0 fully saturated rings. The first-order valence-corrected chi connectivity index (χ1v) is 4.78. The number of esters is 1. The molecule has 0 saturated heterocycles. The molecule has 0 spiro atoms. The van der Waals surface area contributed by atoms with Gasteiger partial charge >= 0.3 is 5.97 Å². The smallest absolute Gasteiger partial charge is 0.313 e. The molecule has 0 aliphatic rings. The Morgan fingerprint density at radius 1 is 1.38 bits per heavy atom. The van der Waals surface area contributed by atoms with Gasteiger partial charge in [-0.2, -0.15) is 0 Å². The molecule has 1 aromatic heterocycles. The summed E-state index contributed by atoms with van der Waals surface area (Å²) in [6.07, 6.45) is 0.0333. The maximum atomic E-state index is 11.1. The lowest BCUT2D eigenvalue weighted by atomic mass is 10.2. The number of carbonyl (C=O) groups excluding carboxylic acids is 1. The normalized spacial score (nSPS) is 10.3. The van der Waals surface area contributed by atoms with Crippen molar-refractivity contribution in [2.75, 3.05) is 12.8 Å². The van der Waals surface area contributed by atoms with Crippen molar-refractivity contribution in [1.29, 1.82) is 0 Å². The number of anilines is 1. The van der Waals surface area contributed by atoms with Crippen molar-refractivity contribution < 1.29 is 9.53 Å². The number of nitrogens with two attached hydrogens (primary N) is 1. The second-order valence-electron chi connectivity index (χ2n) is 3.30. The van der Waals surface area contributed by atoms with E-state index >= 15 is 0 Å². The highest BCUT2D eigenvalue weighted by atomic mass is 16.5. The number of ether oxygens (including phenoxy) is 1. The van der Waals surface area contributed by atoms with Crippen molar-refractivity contribution in [2.24, 2.45) is 0 Å². The molecular formula is C11H11N3O2. The van der Waals surface area contributed by atoms with Crippen molar-refractivity contribution in [3.8, 4) is 0 Å². The third-order valence-corrected chi connectivity index (χ3v) is 2.21. The van der Waals surface area contributed by atoms with E-state index in [-0.39, 0.29) is 12.4 Å². The summed E-state index contributed by atoms with van der Waals surface area (Å²) in [6, 6.07) is 7.39. The molecule has 0 bridgehead atoms. The van der Waals surface area contributed by atoms with Crippen LogP contribution in [0.15, 0.2) is 24.3 Å². The van der Waals surface area contributed by atoms with Gasteiger partial charge in [0, 0.05) is 5.39 Å². The molecule has 1 heterocycles. The largest absolute Gasteiger partial charge is 0.469 e. The molecule has 2 rings (SSSR count). The van der Waals surface area contributed by atoms with Crippen LogP contribution < -0.4 is 5.73 Å². The maximum Gasteiger partial charge on any atom is 0.313 e. The SMILES string of the molecule is COC(=O)Cc1nc(N)c2ccccc2n1. The average molecular weight is 217 g/mol. The van der Waals surface area contributed by atoms with Crippen molar-refractivity contribution in [1.82, 2.24) is 9.97 Å². The zero-order valence-corrected chi connectivity index (χ0v) is 8.80. The Bertz CT molecular complexity index is 540. The van der Waals surface area contributed by atoms with Crippen molar-refractivity contribution in [3.63, 3.8) is 0 Å². The number of benzene rings is 1. The van der Waals surface area contributed by atoms with E-state index in [1.807, 2.05) is 24.3 Å². The molecule has 82 valence electrons. The molecule has 0 radical (unpaired) electrons. The van der Waals surface area contributed by atoms with Gasteiger partial charge < -0.3 is 10.5 Å². The number of para-hydroxylation sites is 1. The van der Waals surface area contributed by atoms with Gasteiger partial charge in [0.15, 0.2) is 0 Å². The predicted molar refractivity (Wildman–Crippen MR) is 59.7 cm³/mol. The van der Waals surface area contributed by atoms with Crippen LogP contribution in [0.5, 0.6) is 0 Å². The minimum absolute atomic E-state index is 0.0333. The van der Waals surface area contributed by atoms with Gasteiger partial charge in [-0.15, -0.1) is 0 Å². The Morgan fingerprint density at radius 2 is 2.12 bits per heavy atom. The summed E-state index contributed by atoms with van der Waals surface area (Å²) < 4.78 is 4.55. The Morgan fingerprint density at radius 3 is 2.88 bits per heavy atom. The van der Waals surface area contributed by atoms with Crippen LogP contribution >= 0.6 is 0 Å². The van der Waals surface area contributed by atoms with Gasteiger partial charge in [0.1, 0.15) is 18.1 Å². The second-order valence-corrected chi connectivity index (χ2v) is 3.30. The van der Waals surface area contributed by atoms with Gasteiger partial charge in [-0.1, -0.05) is 12.1 Å². The molecule has 5 nitrogen and oxygen atoms in total. The zero-order valence-electron chi connectivity index (χ0n) is 8.80. The Labute approximate surface area is 92.3 Å². The van der Waals surface area contributed by atoms with Gasteiger partial charge in [0.25, 0.3) is 0 Å². The number of carbonyl (C=O) groups is 1. The molecule has 0 aliphatic heterocycles. The third kappa shape index (κ3) is 1.93. The topological polar surface area (TPSA) is 78.1 Å². The first-order chi connectivity index (χ1) is 7.70. The maximum absolute atomic E-state index is 11.1. The standard InChI is InChI=1S/C11H11N3O2/c1-16-10(15)6-9-13-8-5-3-2-4-7(8)11(12)14-9/h2-5H,6H2,1H3,(H2,12,13,14). The number of nitrogen functional groups attached to an aromatic ring is 1. The van der Waals surface area contributed by atoms with E-state index in [0.717, 1.165) is 10.9 Å². The molecule has 0 aliphatic carbocycles. The summed E-state index contributed by atoms with van der Waals surface area (Å²) in [4.78, 5) is 19.4. The van der Waals surface area contributed by atoms with E-state index in [1.54, 1.807) is 0 Å². The molecular weight excluding hydrogens is 206 g/mol. The van der Waals surface area contributed by atoms with Crippen LogP contribution in [0.25, 0.3) is 10.9 Å². The number of nitrogens with zero attached hydrogens (tertiary/aromatic N) is 2. The fourth-order valence-corrected chi connectivity index (χ4v) is 1.43. The lowest BCUT2D eigenvalue weighted by Gasteiger charge is -2.04. The highest BCUT2D eigenvalue weighted by molar-refractivity contribution is 5.88. The Kier molecular flexibility index (Phi) is 2.68. The van der Waals surface area contributed by atoms with Gasteiger partial charge in [0.05, 0.1) is 12.6 Å². The number of methoxy groups -OCH3 is 1. The van der Waals surface area contributed by atoms with Gasteiger partial charge in [0.2, 0.25) is 0 Å². The van der Waals surface area contributed by atoms with E-state index < -0.39 is 0 Å². The second kappa shape index (κ2) is 4.14. The monoisotopic (exact) mass is 217 g/mol. The Hall–Kier alpha value is -2.17. The molecule has 2 N–H and O–H groups in total. The first kappa shape index (κ1) is 10.4. The number of aromatic nitrogens is 2. The summed E-state index contributed by atoms with van der Waals surface area (Å²) in [7, 11) is 1.33. The number of hydrogen-bond acceptors (Lipinski definition) is 5. The fraction of sp³-hybridized carbons (Fsp3) is 0.182. The van der Waals surface area contributed by atoms with E-state index in [1.165, 1.54) is 7.11 Å². The summed E-state index contributed by atoms with van der Waals surface area (Å²) in [6.45, 7) is 0. The highest BCUT2D eigenvalue weighted by Crippen LogP contribution is 2.17. The summed E-state index contributed by atoms with van der Waals surface area (Å²) in [5.74, 6) is 0.377. The average Bonchev–Trinajstić information content (AvgIpc) is 2.29. The summed E-state index contributed by atoms with van der Waals surface area (Å²) in [5.41, 5.74) is 6.50. The van der Waals surface area contributed by atoms with Gasteiger partial charge in [-0.05, 0) is 12.1 Å². The minimum atomic E-state index is -0.380. The molecule has 0 atom stereocenters. The lowest BCUT2D eigenvalue weighted by Crippen LogP contribution is -2.09. The van der Waals surface area contributed by atoms with Crippen molar-refractivity contribution in [3.05, 3.63) is 30.1 Å². The zero-order chi connectivity index (χ0) is 11.5. The van der Waals surface area contributed by atoms with E-state index in [0.29, 0.717) is 11.6 Å². The fourth-order valence-electron chi connectivity index (χ4n) is 1.43. The third-order valence-electron chi connectivity index (χ3n) is 2.21. The minimum Gasteiger partial charge on any atom is -0.469 e. The van der Waals surface area contributed by atoms with E-state index in [4.69, 9.17) is 5.73 Å². The van der Waals surface area contributed by atoms with E-state index in [2.05, 4.69) is 14.7 Å². The number of rotatable bonds is 2. The van der Waals surface area contributed by atoms with Gasteiger partial charge in [-0.3, -0.25) is 4.79 Å². The predicted octanol–water partition coefficient (Wildman–Crippen LogP) is 0.927. The van der Waals surface area contributed by atoms with Crippen molar-refractivity contribution in [2.45, 2.75) is 6.42 Å². The van der Waals surface area contributed by atoms with Crippen LogP contribution in [0.2, 0.25) is 0 Å². The molecule has 0 amide bonds. The number of fused-ring (bicyclic) bond motifs is 1. The Balaban J connectivity index is 2.45. The van der Waals surface area contributed by atoms with Crippen molar-refractivity contribution >= 4 is 22.7 Å². The number of hydrogen-bond donors (Lipinski definition) is 1. The lowest BCUT2D eigenvalue weighted by molar-refractivity contribution is -0.139. The first-order valence-electron chi connectivity index (χ1n) is 4.78. The van der Waals surface area contributed by atoms with Crippen LogP contribution in [0.3, 0.4) is 0 Å². The molecule has 5 heteroatoms. The molecule has 2 aromatic rings. The summed E-state index contributed by atoms with van der Waals surface area (Å²) >= 11 is 0. The van der Waals surface area contributed by atoms with Gasteiger partial charge in [-0.25, -0.2) is 9.97 Å². The van der Waals surface area contributed by atoms with Crippen LogP contribution in [0.1, 0.15) is 5.82 Å². The molecule has 1 aromatic carbocycles. The van der Waals surface area contributed by atoms with Crippen LogP contribution in [0, 0.1) is 0 Å². The van der Waals surface area contributed by atoms with E-state index in [9.17, 15) is 4.79 Å². The quantitative estimate of drug-likeness (QED) is 0.757. The van der Waals surface area contributed by atoms with Crippen LogP contribution in [-0.2, 0) is 16.0 Å². The highest BCUT2D eigenvalue weighted by Gasteiger charge is 2.08. The molecule has 16 heavy (non-hydrogen) atoms. The van der Waals surface area contributed by atoms with Crippen LogP contribution in [0.4, 0.5) is 5.82 Å². The molecule has 0 saturated carbocycles. The molecule has 0 unspecified atom stereocenters.